The van der Waals surface area contributed by atoms with Crippen molar-refractivity contribution in [2.24, 2.45) is 11.5 Å². The van der Waals surface area contributed by atoms with Gasteiger partial charge in [-0.15, -0.1) is 0 Å². The number of nitrogens with two attached hydrogens (primary N) is 2. The SMILES string of the molecule is CC(O)C(NC(=O)C(N)Cc1ccccc1)C(=O)NC(C(=O)NC(CCC(N)=O)C(=O)O)C(C)O. The lowest BCUT2D eigenvalue weighted by Gasteiger charge is -2.27. The molecule has 0 aromatic heterocycles. The van der Waals surface area contributed by atoms with Gasteiger partial charge in [-0.2, -0.15) is 0 Å². The summed E-state index contributed by atoms with van der Waals surface area (Å²) in [6, 6.07) is 3.19. The predicted molar refractivity (Wildman–Crippen MR) is 123 cm³/mol. The van der Waals surface area contributed by atoms with E-state index >= 15 is 0 Å². The van der Waals surface area contributed by atoms with E-state index in [1.165, 1.54) is 13.8 Å². The molecule has 0 heterocycles. The van der Waals surface area contributed by atoms with E-state index in [-0.39, 0.29) is 19.3 Å². The molecule has 0 aliphatic carbocycles. The number of carboxylic acids is 1. The van der Waals surface area contributed by atoms with Gasteiger partial charge in [-0.3, -0.25) is 19.2 Å². The lowest BCUT2D eigenvalue weighted by atomic mass is 10.0. The van der Waals surface area contributed by atoms with Crippen LogP contribution in [0.4, 0.5) is 0 Å². The normalized spacial score (nSPS) is 16.0. The summed E-state index contributed by atoms with van der Waals surface area (Å²) in [5, 5.41) is 35.9. The Morgan fingerprint density at radius 3 is 1.80 bits per heavy atom. The summed E-state index contributed by atoms with van der Waals surface area (Å²) < 4.78 is 0. The number of nitrogens with one attached hydrogen (secondary N) is 3. The maximum atomic E-state index is 12.8. The second-order valence-electron chi connectivity index (χ2n) is 8.15. The van der Waals surface area contributed by atoms with Crippen LogP contribution in [0.5, 0.6) is 0 Å². The number of hydrogen-bond acceptors (Lipinski definition) is 8. The van der Waals surface area contributed by atoms with Crippen molar-refractivity contribution in [2.45, 2.75) is 69.5 Å². The fourth-order valence-corrected chi connectivity index (χ4v) is 3.08. The average Bonchev–Trinajstić information content (AvgIpc) is 2.77. The van der Waals surface area contributed by atoms with Crippen molar-refractivity contribution in [3.63, 3.8) is 0 Å². The number of hydrogen-bond donors (Lipinski definition) is 8. The van der Waals surface area contributed by atoms with Crippen LogP contribution in [0, 0.1) is 0 Å². The first-order chi connectivity index (χ1) is 16.3. The highest BCUT2D eigenvalue weighted by atomic mass is 16.4. The van der Waals surface area contributed by atoms with Crippen LogP contribution in [0.1, 0.15) is 32.3 Å². The van der Waals surface area contributed by atoms with Crippen LogP contribution in [0.2, 0.25) is 0 Å². The molecule has 0 aliphatic rings. The zero-order chi connectivity index (χ0) is 26.7. The smallest absolute Gasteiger partial charge is 0.326 e. The fraction of sp³-hybridized carbons (Fsp3) is 0.500. The molecule has 1 rings (SSSR count). The zero-order valence-electron chi connectivity index (χ0n) is 19.5. The molecule has 0 saturated heterocycles. The number of amides is 4. The molecule has 10 N–H and O–H groups in total. The summed E-state index contributed by atoms with van der Waals surface area (Å²) in [6.45, 7) is 2.41. The Kier molecular flexibility index (Phi) is 11.8. The zero-order valence-corrected chi connectivity index (χ0v) is 19.5. The minimum atomic E-state index is -1.63. The van der Waals surface area contributed by atoms with Crippen LogP contribution in [0.3, 0.4) is 0 Å². The van der Waals surface area contributed by atoms with Crippen molar-refractivity contribution in [3.05, 3.63) is 35.9 Å². The van der Waals surface area contributed by atoms with Gasteiger partial charge in [0.05, 0.1) is 18.2 Å². The quantitative estimate of drug-likeness (QED) is 0.132. The standard InChI is InChI=1S/C22H33N5O8/c1-11(28)17(20(32)25-15(22(34)35)8-9-16(24)30)27-21(33)18(12(2)29)26-19(31)14(23)10-13-6-4-3-5-7-13/h3-7,11-12,14-15,17-18,28-29H,8-10,23H2,1-2H3,(H2,24,30)(H,25,32)(H,26,31)(H,27,33)(H,34,35). The molecular formula is C22H33N5O8. The second-order valence-corrected chi connectivity index (χ2v) is 8.15. The van der Waals surface area contributed by atoms with Gasteiger partial charge in [-0.05, 0) is 32.3 Å². The molecule has 0 fully saturated rings. The molecule has 6 atom stereocenters. The van der Waals surface area contributed by atoms with E-state index in [0.29, 0.717) is 0 Å². The summed E-state index contributed by atoms with van der Waals surface area (Å²) in [5.41, 5.74) is 11.7. The van der Waals surface area contributed by atoms with Gasteiger partial charge < -0.3 is 42.7 Å². The Labute approximate surface area is 202 Å². The van der Waals surface area contributed by atoms with Crippen molar-refractivity contribution in [1.29, 1.82) is 0 Å². The first-order valence-corrected chi connectivity index (χ1v) is 10.9. The van der Waals surface area contributed by atoms with E-state index < -0.39 is 66.0 Å². The molecule has 4 amide bonds. The average molecular weight is 496 g/mol. The third kappa shape index (κ3) is 10.1. The molecule has 6 unspecified atom stereocenters. The largest absolute Gasteiger partial charge is 0.480 e. The number of aliphatic hydroxyl groups excluding tert-OH is 2. The minimum absolute atomic E-state index is 0.168. The Balaban J connectivity index is 2.87. The number of aliphatic hydroxyl groups is 2. The fourth-order valence-electron chi connectivity index (χ4n) is 3.08. The van der Waals surface area contributed by atoms with Crippen molar-refractivity contribution in [2.75, 3.05) is 0 Å². The van der Waals surface area contributed by atoms with Gasteiger partial charge in [0.2, 0.25) is 23.6 Å². The van der Waals surface area contributed by atoms with Gasteiger partial charge in [-0.25, -0.2) is 4.79 Å². The highest BCUT2D eigenvalue weighted by Crippen LogP contribution is 2.05. The number of carboxylic acid groups (broad SMARTS) is 1. The summed E-state index contributed by atoms with van der Waals surface area (Å²) >= 11 is 0. The Morgan fingerprint density at radius 1 is 0.857 bits per heavy atom. The van der Waals surface area contributed by atoms with Crippen LogP contribution in [0.25, 0.3) is 0 Å². The topological polar surface area (TPSA) is 234 Å². The number of rotatable bonds is 14. The molecule has 0 bridgehead atoms. The van der Waals surface area contributed by atoms with Gasteiger partial charge in [0.1, 0.15) is 18.1 Å². The third-order valence-electron chi connectivity index (χ3n) is 5.05. The van der Waals surface area contributed by atoms with Gasteiger partial charge in [0.15, 0.2) is 0 Å². The van der Waals surface area contributed by atoms with Crippen LogP contribution in [-0.2, 0) is 30.4 Å². The first-order valence-electron chi connectivity index (χ1n) is 10.9. The Morgan fingerprint density at radius 2 is 1.34 bits per heavy atom. The molecule has 1 aromatic rings. The molecule has 13 heteroatoms. The summed E-state index contributed by atoms with van der Waals surface area (Å²) in [5.74, 6) is -5.01. The number of benzene rings is 1. The molecule has 1 aromatic carbocycles. The second kappa shape index (κ2) is 14.0. The van der Waals surface area contributed by atoms with Crippen LogP contribution in [-0.4, -0.2) is 81.3 Å². The van der Waals surface area contributed by atoms with E-state index in [2.05, 4.69) is 16.0 Å². The number of aliphatic carboxylic acids is 1. The van der Waals surface area contributed by atoms with Crippen LogP contribution < -0.4 is 27.4 Å². The van der Waals surface area contributed by atoms with E-state index in [0.717, 1.165) is 5.56 Å². The maximum Gasteiger partial charge on any atom is 0.326 e. The molecule has 0 radical (unpaired) electrons. The lowest BCUT2D eigenvalue weighted by molar-refractivity contribution is -0.143. The van der Waals surface area contributed by atoms with Crippen LogP contribution in [0.15, 0.2) is 30.3 Å². The number of primary amides is 1. The number of carbonyl (C=O) groups excluding carboxylic acids is 4. The molecule has 13 nitrogen and oxygen atoms in total. The highest BCUT2D eigenvalue weighted by molar-refractivity contribution is 5.94. The van der Waals surface area contributed by atoms with E-state index in [1.807, 2.05) is 0 Å². The van der Waals surface area contributed by atoms with Crippen molar-refractivity contribution in [1.82, 2.24) is 16.0 Å². The summed E-state index contributed by atoms with van der Waals surface area (Å²) in [7, 11) is 0. The summed E-state index contributed by atoms with van der Waals surface area (Å²) in [6.07, 6.45) is -3.33. The van der Waals surface area contributed by atoms with Crippen molar-refractivity contribution < 1.29 is 39.3 Å². The van der Waals surface area contributed by atoms with Gasteiger partial charge >= 0.3 is 5.97 Å². The van der Waals surface area contributed by atoms with Crippen LogP contribution >= 0.6 is 0 Å². The molecule has 0 aliphatic heterocycles. The lowest BCUT2D eigenvalue weighted by Crippen LogP contribution is -2.62. The highest BCUT2D eigenvalue weighted by Gasteiger charge is 2.34. The van der Waals surface area contributed by atoms with Gasteiger partial charge in [0, 0.05) is 6.42 Å². The minimum Gasteiger partial charge on any atom is -0.480 e. The Hall–Kier alpha value is -3.55. The maximum absolute atomic E-state index is 12.8. The van der Waals surface area contributed by atoms with Crippen molar-refractivity contribution in [3.8, 4) is 0 Å². The molecular weight excluding hydrogens is 462 g/mol. The molecule has 0 saturated carbocycles. The molecule has 0 spiro atoms. The van der Waals surface area contributed by atoms with E-state index in [1.54, 1.807) is 30.3 Å². The van der Waals surface area contributed by atoms with Crippen molar-refractivity contribution >= 4 is 29.6 Å². The molecule has 35 heavy (non-hydrogen) atoms. The summed E-state index contributed by atoms with van der Waals surface area (Å²) in [4.78, 5) is 60.1. The Bertz CT molecular complexity index is 893. The first kappa shape index (κ1) is 29.5. The third-order valence-corrected chi connectivity index (χ3v) is 5.05. The van der Waals surface area contributed by atoms with Gasteiger partial charge in [0.25, 0.3) is 0 Å². The van der Waals surface area contributed by atoms with E-state index in [4.69, 9.17) is 11.5 Å². The number of carbonyl (C=O) groups is 5. The predicted octanol–water partition coefficient (Wildman–Crippen LogP) is -2.88. The molecule has 194 valence electrons. The monoisotopic (exact) mass is 495 g/mol. The van der Waals surface area contributed by atoms with E-state index in [9.17, 15) is 39.3 Å². The van der Waals surface area contributed by atoms with Gasteiger partial charge in [-0.1, -0.05) is 30.3 Å².